The van der Waals surface area contributed by atoms with Crippen LogP contribution in [0.15, 0.2) is 53.4 Å². The Morgan fingerprint density at radius 2 is 1.64 bits per heavy atom. The van der Waals surface area contributed by atoms with Crippen LogP contribution >= 0.6 is 0 Å². The fourth-order valence-electron chi connectivity index (χ4n) is 2.62. The molecular formula is C22H25N3O7S. The summed E-state index contributed by atoms with van der Waals surface area (Å²) in [6, 6.07) is 10.3. The van der Waals surface area contributed by atoms with E-state index in [4.69, 9.17) is 14.7 Å². The summed E-state index contributed by atoms with van der Waals surface area (Å²) >= 11 is 0. The third kappa shape index (κ3) is 8.12. The molecule has 0 aliphatic heterocycles. The van der Waals surface area contributed by atoms with Crippen LogP contribution in [0.5, 0.6) is 11.5 Å². The van der Waals surface area contributed by atoms with E-state index >= 15 is 0 Å². The second kappa shape index (κ2) is 12.4. The molecule has 1 unspecified atom stereocenters. The summed E-state index contributed by atoms with van der Waals surface area (Å²) in [5.74, 6) is 5.18. The van der Waals surface area contributed by atoms with Crippen LogP contribution in [0, 0.1) is 11.8 Å². The molecule has 0 radical (unpaired) electrons. The first-order valence-electron chi connectivity index (χ1n) is 9.82. The Bertz CT molecular complexity index is 1110. The summed E-state index contributed by atoms with van der Waals surface area (Å²) in [5.41, 5.74) is 1.75. The highest BCUT2D eigenvalue weighted by atomic mass is 32.2. The van der Waals surface area contributed by atoms with E-state index in [9.17, 15) is 18.0 Å². The van der Waals surface area contributed by atoms with Gasteiger partial charge in [-0.25, -0.2) is 13.9 Å². The molecule has 2 aromatic carbocycles. The minimum atomic E-state index is -4.12. The number of ether oxygens (including phenoxy) is 2. The van der Waals surface area contributed by atoms with E-state index in [0.717, 1.165) is 0 Å². The number of carbonyl (C=O) groups excluding carboxylic acids is 2. The van der Waals surface area contributed by atoms with Gasteiger partial charge in [0.2, 0.25) is 15.9 Å². The molecule has 0 heterocycles. The summed E-state index contributed by atoms with van der Waals surface area (Å²) in [6.07, 6.45) is 0. The lowest BCUT2D eigenvalue weighted by atomic mass is 10.1. The highest BCUT2D eigenvalue weighted by molar-refractivity contribution is 7.89. The highest BCUT2D eigenvalue weighted by Gasteiger charge is 2.27. The van der Waals surface area contributed by atoms with Crippen LogP contribution in [0.3, 0.4) is 0 Å². The number of rotatable bonds is 11. The molecule has 10 nitrogen and oxygen atoms in total. The van der Waals surface area contributed by atoms with Gasteiger partial charge in [-0.15, -0.1) is 5.92 Å². The van der Waals surface area contributed by atoms with Crippen molar-refractivity contribution in [1.29, 1.82) is 0 Å². The predicted octanol–water partition coefficient (Wildman–Crippen LogP) is 1.13. The van der Waals surface area contributed by atoms with Crippen molar-refractivity contribution in [2.45, 2.75) is 24.8 Å². The van der Waals surface area contributed by atoms with Crippen molar-refractivity contribution in [2.75, 3.05) is 19.8 Å². The number of hydrogen-bond acceptors (Lipinski definition) is 7. The van der Waals surface area contributed by atoms with E-state index in [2.05, 4.69) is 21.9 Å². The molecule has 2 aromatic rings. The van der Waals surface area contributed by atoms with Gasteiger partial charge in [-0.2, -0.15) is 4.72 Å². The third-order valence-electron chi connectivity index (χ3n) is 4.23. The van der Waals surface area contributed by atoms with Gasteiger partial charge in [0, 0.05) is 6.92 Å². The van der Waals surface area contributed by atoms with Crippen molar-refractivity contribution in [1.82, 2.24) is 15.5 Å². The van der Waals surface area contributed by atoms with Crippen LogP contribution in [-0.2, 0) is 19.6 Å². The van der Waals surface area contributed by atoms with Gasteiger partial charge in [0.1, 0.15) is 30.8 Å². The topological polar surface area (TPSA) is 143 Å². The fraction of sp³-hybridized carbons (Fsp3) is 0.273. The molecular weight excluding hydrogens is 450 g/mol. The number of amides is 2. The van der Waals surface area contributed by atoms with E-state index in [1.807, 2.05) is 0 Å². The van der Waals surface area contributed by atoms with E-state index in [0.29, 0.717) is 18.0 Å². The van der Waals surface area contributed by atoms with Crippen molar-refractivity contribution in [3.05, 3.63) is 54.1 Å². The smallest absolute Gasteiger partial charge is 0.266 e. The first kappa shape index (κ1) is 25.7. The van der Waals surface area contributed by atoms with Crippen molar-refractivity contribution in [3.63, 3.8) is 0 Å². The Morgan fingerprint density at radius 1 is 1.03 bits per heavy atom. The maximum Gasteiger partial charge on any atom is 0.266 e. The molecule has 176 valence electrons. The van der Waals surface area contributed by atoms with Crippen molar-refractivity contribution in [3.8, 4) is 23.3 Å². The van der Waals surface area contributed by atoms with Gasteiger partial charge >= 0.3 is 0 Å². The van der Waals surface area contributed by atoms with Crippen molar-refractivity contribution < 1.29 is 32.7 Å². The molecule has 2 rings (SSSR count). The summed E-state index contributed by atoms with van der Waals surface area (Å²) in [6.45, 7) is 3.80. The zero-order valence-corrected chi connectivity index (χ0v) is 18.9. The summed E-state index contributed by atoms with van der Waals surface area (Å²) < 4.78 is 38.7. The van der Waals surface area contributed by atoms with Crippen molar-refractivity contribution >= 4 is 21.8 Å². The molecule has 0 aromatic heterocycles. The molecule has 1 atom stereocenters. The molecule has 0 fully saturated rings. The normalized spacial score (nSPS) is 11.5. The lowest BCUT2D eigenvalue weighted by Gasteiger charge is -2.18. The number of carbonyl (C=O) groups is 2. The van der Waals surface area contributed by atoms with Crippen molar-refractivity contribution in [2.24, 2.45) is 0 Å². The lowest BCUT2D eigenvalue weighted by Crippen LogP contribution is -2.39. The molecule has 0 aliphatic rings. The van der Waals surface area contributed by atoms with E-state index in [1.54, 1.807) is 19.1 Å². The molecule has 0 spiro atoms. The van der Waals surface area contributed by atoms with Gasteiger partial charge in [0.15, 0.2) is 0 Å². The maximum atomic E-state index is 12.8. The first-order chi connectivity index (χ1) is 15.8. The Kier molecular flexibility index (Phi) is 9.68. The van der Waals surface area contributed by atoms with Gasteiger partial charge in [0.25, 0.3) is 5.91 Å². The Morgan fingerprint density at radius 3 is 2.21 bits per heavy atom. The summed E-state index contributed by atoms with van der Waals surface area (Å²) in [4.78, 5) is 23.0. The monoisotopic (exact) mass is 475 g/mol. The number of hydroxylamine groups is 1. The summed E-state index contributed by atoms with van der Waals surface area (Å²) in [5, 5.41) is 11.7. The standard InChI is InChI=1S/C22H25N3O7S/c1-3-4-14-31-19-9-11-20(12-10-19)33(29,30)25-21(22(27)24-28)17-5-7-18(8-6-17)32-15-13-23-16(2)26/h5-12,21,25,28H,13-15H2,1-2H3,(H,23,26)(H,24,27). The second-order valence-electron chi connectivity index (χ2n) is 6.62. The number of nitrogens with one attached hydrogen (secondary N) is 3. The minimum Gasteiger partial charge on any atom is -0.492 e. The quantitative estimate of drug-likeness (QED) is 0.165. The third-order valence-corrected chi connectivity index (χ3v) is 5.66. The van der Waals surface area contributed by atoms with E-state index in [-0.39, 0.29) is 29.6 Å². The number of sulfonamides is 1. The fourth-order valence-corrected chi connectivity index (χ4v) is 3.80. The molecule has 0 saturated heterocycles. The van der Waals surface area contributed by atoms with Gasteiger partial charge in [-0.3, -0.25) is 14.8 Å². The van der Waals surface area contributed by atoms with E-state index in [1.165, 1.54) is 48.8 Å². The Balaban J connectivity index is 2.12. The van der Waals surface area contributed by atoms with Crippen LogP contribution in [0.1, 0.15) is 25.5 Å². The van der Waals surface area contributed by atoms with Crippen LogP contribution in [-0.4, -0.2) is 45.2 Å². The molecule has 0 bridgehead atoms. The van der Waals surface area contributed by atoms with Crippen LogP contribution in [0.4, 0.5) is 0 Å². The Hall–Kier alpha value is -3.59. The molecule has 2 amide bonds. The second-order valence-corrected chi connectivity index (χ2v) is 8.33. The average Bonchev–Trinajstić information content (AvgIpc) is 2.81. The lowest BCUT2D eigenvalue weighted by molar-refractivity contribution is -0.131. The van der Waals surface area contributed by atoms with E-state index < -0.39 is 22.0 Å². The van der Waals surface area contributed by atoms with Gasteiger partial charge in [0.05, 0.1) is 11.4 Å². The molecule has 33 heavy (non-hydrogen) atoms. The minimum absolute atomic E-state index is 0.0925. The molecule has 4 N–H and O–H groups in total. The molecule has 0 aliphatic carbocycles. The zero-order chi connectivity index (χ0) is 24.3. The largest absolute Gasteiger partial charge is 0.492 e. The Labute approximate surface area is 192 Å². The number of benzene rings is 2. The zero-order valence-electron chi connectivity index (χ0n) is 18.1. The average molecular weight is 476 g/mol. The summed E-state index contributed by atoms with van der Waals surface area (Å²) in [7, 11) is -4.12. The molecule has 0 saturated carbocycles. The number of hydrogen-bond donors (Lipinski definition) is 4. The first-order valence-corrected chi connectivity index (χ1v) is 11.3. The van der Waals surface area contributed by atoms with Crippen LogP contribution in [0.25, 0.3) is 0 Å². The van der Waals surface area contributed by atoms with Gasteiger partial charge in [-0.05, 0) is 48.9 Å². The maximum absolute atomic E-state index is 12.8. The highest BCUT2D eigenvalue weighted by Crippen LogP contribution is 2.22. The van der Waals surface area contributed by atoms with Gasteiger partial charge < -0.3 is 14.8 Å². The van der Waals surface area contributed by atoms with Crippen LogP contribution in [0.2, 0.25) is 0 Å². The SMILES string of the molecule is CC#CCOc1ccc(S(=O)(=O)NC(C(=O)NO)c2ccc(OCCNC(C)=O)cc2)cc1. The van der Waals surface area contributed by atoms with Crippen LogP contribution < -0.4 is 25.0 Å². The van der Waals surface area contributed by atoms with Gasteiger partial charge in [-0.1, -0.05) is 18.1 Å². The predicted molar refractivity (Wildman–Crippen MR) is 119 cm³/mol. The molecule has 11 heteroatoms.